The van der Waals surface area contributed by atoms with Crippen molar-refractivity contribution >= 4 is 17.7 Å². The Labute approximate surface area is 75.9 Å². The molecule has 66 valence electrons. The van der Waals surface area contributed by atoms with Crippen molar-refractivity contribution in [3.8, 4) is 12.3 Å². The van der Waals surface area contributed by atoms with E-state index in [1.807, 2.05) is 0 Å². The summed E-state index contributed by atoms with van der Waals surface area (Å²) in [6.07, 6.45) is 5.71. The maximum atomic E-state index is 10.9. The molecule has 0 bridgehead atoms. The zero-order valence-electron chi connectivity index (χ0n) is 6.67. The summed E-state index contributed by atoms with van der Waals surface area (Å²) < 4.78 is 0. The van der Waals surface area contributed by atoms with Crippen LogP contribution in [0.2, 0.25) is 0 Å². The smallest absolute Gasteiger partial charge is 0.324 e. The van der Waals surface area contributed by atoms with Crippen molar-refractivity contribution in [2.75, 3.05) is 18.1 Å². The Hall–Kier alpha value is -0.660. The molecule has 0 aromatic rings. The highest BCUT2D eigenvalue weighted by molar-refractivity contribution is 7.99. The Morgan fingerprint density at radius 1 is 1.83 bits per heavy atom. The van der Waals surface area contributed by atoms with Crippen LogP contribution in [0.15, 0.2) is 0 Å². The number of terminal acetylenes is 1. The molecule has 1 rings (SSSR count). The summed E-state index contributed by atoms with van der Waals surface area (Å²) in [7, 11) is 0. The third-order valence-corrected chi connectivity index (χ3v) is 3.15. The van der Waals surface area contributed by atoms with Gasteiger partial charge in [-0.25, -0.2) is 0 Å². The lowest BCUT2D eigenvalue weighted by molar-refractivity contribution is -0.143. The van der Waals surface area contributed by atoms with Crippen LogP contribution >= 0.6 is 11.8 Å². The molecule has 0 radical (unpaired) electrons. The zero-order chi connectivity index (χ0) is 9.03. The molecule has 3 nitrogen and oxygen atoms in total. The molecule has 1 atom stereocenters. The molecular formula is C8H11NO2S. The van der Waals surface area contributed by atoms with Crippen LogP contribution in [0.4, 0.5) is 0 Å². The molecule has 1 aliphatic heterocycles. The Balaban J connectivity index is 2.60. The minimum atomic E-state index is -0.789. The first kappa shape index (κ1) is 9.43. The summed E-state index contributed by atoms with van der Waals surface area (Å²) in [5, 5.41) is 11.8. The second-order valence-electron chi connectivity index (χ2n) is 2.75. The number of hydrogen-bond acceptors (Lipinski definition) is 3. The van der Waals surface area contributed by atoms with Crippen molar-refractivity contribution in [3.63, 3.8) is 0 Å². The van der Waals surface area contributed by atoms with Crippen molar-refractivity contribution in [1.82, 2.24) is 5.32 Å². The van der Waals surface area contributed by atoms with Crippen LogP contribution in [0, 0.1) is 12.3 Å². The summed E-state index contributed by atoms with van der Waals surface area (Å²) in [6.45, 7) is 0.326. The van der Waals surface area contributed by atoms with Gasteiger partial charge in [0.15, 0.2) is 0 Å². The molecule has 12 heavy (non-hydrogen) atoms. The number of carboxylic acid groups (broad SMARTS) is 1. The maximum absolute atomic E-state index is 10.9. The fourth-order valence-electron chi connectivity index (χ4n) is 1.17. The van der Waals surface area contributed by atoms with Crippen LogP contribution in [-0.2, 0) is 4.79 Å². The largest absolute Gasteiger partial charge is 0.480 e. The molecule has 1 heterocycles. The van der Waals surface area contributed by atoms with E-state index in [1.165, 1.54) is 0 Å². The molecule has 0 spiro atoms. The summed E-state index contributed by atoms with van der Waals surface area (Å²) >= 11 is 1.65. The van der Waals surface area contributed by atoms with Crippen molar-refractivity contribution < 1.29 is 9.90 Å². The van der Waals surface area contributed by atoms with Crippen LogP contribution in [0.25, 0.3) is 0 Å². The molecule has 1 fully saturated rings. The zero-order valence-corrected chi connectivity index (χ0v) is 7.49. The van der Waals surface area contributed by atoms with Gasteiger partial charge < -0.3 is 5.11 Å². The molecule has 1 unspecified atom stereocenters. The minimum Gasteiger partial charge on any atom is -0.480 e. The van der Waals surface area contributed by atoms with Crippen LogP contribution < -0.4 is 5.32 Å². The lowest BCUT2D eigenvalue weighted by Gasteiger charge is -2.23. The number of hydrogen-bond donors (Lipinski definition) is 2. The van der Waals surface area contributed by atoms with Gasteiger partial charge in [-0.15, -0.1) is 6.42 Å². The highest BCUT2D eigenvalue weighted by Gasteiger charge is 2.41. The lowest BCUT2D eigenvalue weighted by Crippen LogP contribution is -2.52. The first-order valence-electron chi connectivity index (χ1n) is 3.71. The Morgan fingerprint density at radius 2 is 2.58 bits per heavy atom. The normalized spacial score (nSPS) is 28.2. The summed E-state index contributed by atoms with van der Waals surface area (Å²) in [5.74, 6) is 3.11. The second-order valence-corrected chi connectivity index (χ2v) is 3.85. The van der Waals surface area contributed by atoms with E-state index in [9.17, 15) is 4.79 Å². The fourth-order valence-corrected chi connectivity index (χ4v) is 2.52. The van der Waals surface area contributed by atoms with Crippen molar-refractivity contribution in [1.29, 1.82) is 0 Å². The van der Waals surface area contributed by atoms with E-state index in [4.69, 9.17) is 11.5 Å². The van der Waals surface area contributed by atoms with E-state index in [0.717, 1.165) is 5.75 Å². The van der Waals surface area contributed by atoms with Gasteiger partial charge in [0.25, 0.3) is 0 Å². The Morgan fingerprint density at radius 3 is 3.00 bits per heavy atom. The minimum absolute atomic E-state index is 0.326. The van der Waals surface area contributed by atoms with Gasteiger partial charge in [-0.2, -0.15) is 11.8 Å². The van der Waals surface area contributed by atoms with Gasteiger partial charge in [-0.1, -0.05) is 5.92 Å². The van der Waals surface area contributed by atoms with Crippen LogP contribution in [-0.4, -0.2) is 34.7 Å². The van der Waals surface area contributed by atoms with E-state index < -0.39 is 11.5 Å². The lowest BCUT2D eigenvalue weighted by atomic mass is 9.99. The first-order chi connectivity index (χ1) is 5.71. The summed E-state index contributed by atoms with van der Waals surface area (Å²) in [6, 6.07) is 0. The molecule has 1 aliphatic rings. The molecule has 0 amide bonds. The average Bonchev–Trinajstić information content (AvgIpc) is 2.50. The van der Waals surface area contributed by atoms with Gasteiger partial charge in [0.05, 0.1) is 6.54 Å². The van der Waals surface area contributed by atoms with Gasteiger partial charge in [-0.3, -0.25) is 10.1 Å². The molecule has 0 saturated carbocycles. The molecule has 1 saturated heterocycles. The van der Waals surface area contributed by atoms with Crippen molar-refractivity contribution in [3.05, 3.63) is 0 Å². The maximum Gasteiger partial charge on any atom is 0.324 e. The van der Waals surface area contributed by atoms with Crippen LogP contribution in [0.5, 0.6) is 0 Å². The van der Waals surface area contributed by atoms with E-state index in [1.54, 1.807) is 11.8 Å². The number of aliphatic carboxylic acids is 1. The summed E-state index contributed by atoms with van der Waals surface area (Å²) in [4.78, 5) is 10.9. The van der Waals surface area contributed by atoms with Gasteiger partial charge in [0, 0.05) is 5.75 Å². The average molecular weight is 185 g/mol. The number of nitrogens with one attached hydrogen (secondary N) is 1. The topological polar surface area (TPSA) is 49.3 Å². The molecular weight excluding hydrogens is 174 g/mol. The van der Waals surface area contributed by atoms with Crippen molar-refractivity contribution in [2.24, 2.45) is 0 Å². The molecule has 0 aliphatic carbocycles. The predicted molar refractivity (Wildman–Crippen MR) is 49.1 cm³/mol. The third-order valence-electron chi connectivity index (χ3n) is 1.96. The van der Waals surface area contributed by atoms with Gasteiger partial charge in [-0.05, 0) is 12.2 Å². The Kier molecular flexibility index (Phi) is 3.01. The predicted octanol–water partition coefficient (Wildman–Crippen LogP) is 0.169. The van der Waals surface area contributed by atoms with Gasteiger partial charge in [0.2, 0.25) is 0 Å². The Bertz CT molecular complexity index is 216. The van der Waals surface area contributed by atoms with E-state index in [-0.39, 0.29) is 0 Å². The number of carbonyl (C=O) groups is 1. The van der Waals surface area contributed by atoms with Gasteiger partial charge in [0.1, 0.15) is 5.54 Å². The number of rotatable bonds is 3. The van der Waals surface area contributed by atoms with Gasteiger partial charge >= 0.3 is 5.97 Å². The van der Waals surface area contributed by atoms with E-state index >= 15 is 0 Å². The third kappa shape index (κ3) is 1.74. The van der Waals surface area contributed by atoms with Crippen molar-refractivity contribution in [2.45, 2.75) is 12.0 Å². The van der Waals surface area contributed by atoms with Crippen LogP contribution in [0.1, 0.15) is 6.42 Å². The van der Waals surface area contributed by atoms with E-state index in [2.05, 4.69) is 11.2 Å². The second kappa shape index (κ2) is 3.83. The summed E-state index contributed by atoms with van der Waals surface area (Å²) in [5.41, 5.74) is -0.767. The number of thioether (sulfide) groups is 1. The van der Waals surface area contributed by atoms with Crippen LogP contribution in [0.3, 0.4) is 0 Å². The monoisotopic (exact) mass is 185 g/mol. The molecule has 2 N–H and O–H groups in total. The quantitative estimate of drug-likeness (QED) is 0.615. The first-order valence-corrected chi connectivity index (χ1v) is 4.86. The highest BCUT2D eigenvalue weighted by Crippen LogP contribution is 2.27. The SMILES string of the molecule is C#CCNC1(C(=O)O)CCSC1. The number of carboxylic acids is 1. The highest BCUT2D eigenvalue weighted by atomic mass is 32.2. The molecule has 4 heteroatoms. The standard InChI is InChI=1S/C8H11NO2S/c1-2-4-9-8(7(10)11)3-5-12-6-8/h1,9H,3-6H2,(H,10,11). The molecule has 0 aromatic carbocycles. The fraction of sp³-hybridized carbons (Fsp3) is 0.625. The van der Waals surface area contributed by atoms with E-state index in [0.29, 0.717) is 18.7 Å². The molecule has 0 aromatic heterocycles.